The fourth-order valence-corrected chi connectivity index (χ4v) is 4.75. The maximum atomic E-state index is 2.49. The van der Waals surface area contributed by atoms with Gasteiger partial charge in [-0.15, -0.1) is 0 Å². The molecule has 0 aromatic heterocycles. The number of unbranched alkanes of at least 4 members (excludes halogenated alkanes) is 15. The molecule has 0 radical (unpaired) electrons. The van der Waals surface area contributed by atoms with Crippen LogP contribution in [0.3, 0.4) is 0 Å². The maximum Gasteiger partial charge on any atom is -0.0300 e. The van der Waals surface area contributed by atoms with Crippen molar-refractivity contribution in [2.75, 3.05) is 0 Å². The van der Waals surface area contributed by atoms with Crippen LogP contribution in [-0.2, 0) is 0 Å². The van der Waals surface area contributed by atoms with E-state index in [9.17, 15) is 0 Å². The van der Waals surface area contributed by atoms with Gasteiger partial charge in [0, 0.05) is 0 Å². The molecule has 0 aliphatic heterocycles. The molecule has 0 saturated carbocycles. The van der Waals surface area contributed by atoms with Crippen LogP contribution in [0.1, 0.15) is 169 Å². The molecule has 0 aromatic rings. The molecular weight excluding hydrogens is 324 g/mol. The monoisotopic (exact) mass is 380 g/mol. The topological polar surface area (TPSA) is 0 Å². The Bertz CT molecular complexity index is 269. The summed E-state index contributed by atoms with van der Waals surface area (Å²) < 4.78 is 0. The largest absolute Gasteiger partial charge is 0.0654 e. The summed E-state index contributed by atoms with van der Waals surface area (Å²) in [6.45, 7) is 9.46. The Hall–Kier alpha value is 0. The third-order valence-corrected chi connectivity index (χ3v) is 6.93. The molecule has 1 unspecified atom stereocenters. The van der Waals surface area contributed by atoms with Crippen LogP contribution >= 0.6 is 0 Å². The smallest absolute Gasteiger partial charge is 0.0300 e. The van der Waals surface area contributed by atoms with Gasteiger partial charge in [0.15, 0.2) is 0 Å². The predicted octanol–water partition coefficient (Wildman–Crippen LogP) is 10.6. The van der Waals surface area contributed by atoms with Crippen molar-refractivity contribution in [1.82, 2.24) is 0 Å². The SMILES string of the molecule is CCCCCCCCCC(CC)(CCCCCCC)CCCCCCCC. The Kier molecular flexibility index (Phi) is 20.7. The highest BCUT2D eigenvalue weighted by Gasteiger charge is 2.26. The van der Waals surface area contributed by atoms with Crippen molar-refractivity contribution in [2.45, 2.75) is 169 Å². The second-order valence-corrected chi connectivity index (χ2v) is 9.41. The molecule has 27 heavy (non-hydrogen) atoms. The second-order valence-electron chi connectivity index (χ2n) is 9.41. The van der Waals surface area contributed by atoms with Crippen molar-refractivity contribution in [1.29, 1.82) is 0 Å². The van der Waals surface area contributed by atoms with Gasteiger partial charge < -0.3 is 0 Å². The number of hydrogen-bond acceptors (Lipinski definition) is 0. The van der Waals surface area contributed by atoms with Crippen molar-refractivity contribution in [3.63, 3.8) is 0 Å². The highest BCUT2D eigenvalue weighted by atomic mass is 14.3. The Balaban J connectivity index is 4.21. The fraction of sp³-hybridized carbons (Fsp3) is 1.00. The second kappa shape index (κ2) is 20.7. The predicted molar refractivity (Wildman–Crippen MR) is 127 cm³/mol. The molecule has 0 nitrogen and oxygen atoms in total. The third kappa shape index (κ3) is 16.6. The van der Waals surface area contributed by atoms with Gasteiger partial charge in [0.25, 0.3) is 0 Å². The molecule has 0 aliphatic rings. The van der Waals surface area contributed by atoms with Crippen LogP contribution in [0.4, 0.5) is 0 Å². The molecular formula is C27H56. The lowest BCUT2D eigenvalue weighted by atomic mass is 9.72. The minimum absolute atomic E-state index is 0.681. The zero-order valence-electron chi connectivity index (χ0n) is 20.1. The highest BCUT2D eigenvalue weighted by Crippen LogP contribution is 2.40. The van der Waals surface area contributed by atoms with E-state index in [1.54, 1.807) is 0 Å². The fourth-order valence-electron chi connectivity index (χ4n) is 4.75. The summed E-state index contributed by atoms with van der Waals surface area (Å²) in [6, 6.07) is 0. The van der Waals surface area contributed by atoms with Crippen LogP contribution in [0, 0.1) is 5.41 Å². The minimum Gasteiger partial charge on any atom is -0.0654 e. The van der Waals surface area contributed by atoms with E-state index in [1.807, 2.05) is 0 Å². The molecule has 0 saturated heterocycles. The van der Waals surface area contributed by atoms with E-state index in [4.69, 9.17) is 0 Å². The van der Waals surface area contributed by atoms with Crippen LogP contribution in [0.15, 0.2) is 0 Å². The summed E-state index contributed by atoms with van der Waals surface area (Å²) in [5.41, 5.74) is 0.681. The van der Waals surface area contributed by atoms with Crippen molar-refractivity contribution in [3.05, 3.63) is 0 Å². The lowest BCUT2D eigenvalue weighted by Crippen LogP contribution is -2.20. The van der Waals surface area contributed by atoms with E-state index in [0.717, 1.165) is 0 Å². The van der Waals surface area contributed by atoms with Crippen LogP contribution in [0.2, 0.25) is 0 Å². The van der Waals surface area contributed by atoms with Crippen molar-refractivity contribution in [3.8, 4) is 0 Å². The van der Waals surface area contributed by atoms with E-state index < -0.39 is 0 Å². The Morgan fingerprint density at radius 3 is 0.852 bits per heavy atom. The van der Waals surface area contributed by atoms with Gasteiger partial charge in [-0.25, -0.2) is 0 Å². The average Bonchev–Trinajstić information content (AvgIpc) is 2.69. The van der Waals surface area contributed by atoms with E-state index in [0.29, 0.717) is 5.41 Å². The maximum absolute atomic E-state index is 2.49. The summed E-state index contributed by atoms with van der Waals surface area (Å²) in [6.07, 6.45) is 32.1. The molecule has 0 N–H and O–H groups in total. The quantitative estimate of drug-likeness (QED) is 0.164. The Morgan fingerprint density at radius 1 is 0.333 bits per heavy atom. The van der Waals surface area contributed by atoms with Gasteiger partial charge in [0.05, 0.1) is 0 Å². The Labute approximate surface area is 174 Å². The summed E-state index contributed by atoms with van der Waals surface area (Å²) in [5.74, 6) is 0. The van der Waals surface area contributed by atoms with Gasteiger partial charge in [-0.1, -0.05) is 150 Å². The average molecular weight is 381 g/mol. The standard InChI is InChI=1S/C27H56/c1-5-9-12-15-17-20-23-26-27(8-4,24-21-18-14-11-7-3)25-22-19-16-13-10-6-2/h5-26H2,1-4H3. The third-order valence-electron chi connectivity index (χ3n) is 6.93. The molecule has 0 aromatic carbocycles. The molecule has 1 atom stereocenters. The summed E-state index contributed by atoms with van der Waals surface area (Å²) in [4.78, 5) is 0. The molecule has 0 heteroatoms. The molecule has 0 rings (SSSR count). The first-order chi connectivity index (χ1) is 13.2. The minimum atomic E-state index is 0.681. The lowest BCUT2D eigenvalue weighted by molar-refractivity contribution is 0.186. The van der Waals surface area contributed by atoms with Gasteiger partial charge in [-0.05, 0) is 24.7 Å². The number of hydrogen-bond donors (Lipinski definition) is 0. The van der Waals surface area contributed by atoms with E-state index >= 15 is 0 Å². The Morgan fingerprint density at radius 2 is 0.593 bits per heavy atom. The van der Waals surface area contributed by atoms with E-state index in [2.05, 4.69) is 27.7 Å². The first-order valence-corrected chi connectivity index (χ1v) is 13.2. The van der Waals surface area contributed by atoms with Crippen LogP contribution in [-0.4, -0.2) is 0 Å². The van der Waals surface area contributed by atoms with E-state index in [1.165, 1.54) is 141 Å². The number of rotatable bonds is 22. The summed E-state index contributed by atoms with van der Waals surface area (Å²) in [5, 5.41) is 0. The van der Waals surface area contributed by atoms with E-state index in [-0.39, 0.29) is 0 Å². The van der Waals surface area contributed by atoms with Crippen molar-refractivity contribution >= 4 is 0 Å². The normalized spacial score (nSPS) is 13.8. The van der Waals surface area contributed by atoms with Crippen LogP contribution in [0.25, 0.3) is 0 Å². The van der Waals surface area contributed by atoms with Crippen molar-refractivity contribution < 1.29 is 0 Å². The van der Waals surface area contributed by atoms with Crippen molar-refractivity contribution in [2.24, 2.45) is 5.41 Å². The molecule has 164 valence electrons. The molecule has 0 amide bonds. The van der Waals surface area contributed by atoms with Gasteiger partial charge in [-0.3, -0.25) is 0 Å². The highest BCUT2D eigenvalue weighted by molar-refractivity contribution is 4.78. The zero-order chi connectivity index (χ0) is 20.1. The molecule has 0 spiro atoms. The summed E-state index contributed by atoms with van der Waals surface area (Å²) in [7, 11) is 0. The molecule has 0 bridgehead atoms. The lowest BCUT2D eigenvalue weighted by Gasteiger charge is -2.34. The first-order valence-electron chi connectivity index (χ1n) is 13.2. The molecule has 0 fully saturated rings. The zero-order valence-corrected chi connectivity index (χ0v) is 20.1. The summed E-state index contributed by atoms with van der Waals surface area (Å²) >= 11 is 0. The molecule has 0 aliphatic carbocycles. The van der Waals surface area contributed by atoms with Crippen LogP contribution < -0.4 is 0 Å². The van der Waals surface area contributed by atoms with Gasteiger partial charge in [0.2, 0.25) is 0 Å². The van der Waals surface area contributed by atoms with Gasteiger partial charge >= 0.3 is 0 Å². The van der Waals surface area contributed by atoms with Crippen LogP contribution in [0.5, 0.6) is 0 Å². The molecule has 0 heterocycles. The van der Waals surface area contributed by atoms with Gasteiger partial charge in [-0.2, -0.15) is 0 Å². The van der Waals surface area contributed by atoms with Gasteiger partial charge in [0.1, 0.15) is 0 Å². The first kappa shape index (κ1) is 27.0.